The average Bonchev–Trinajstić information content (AvgIpc) is 2.88. The molecule has 0 spiro atoms. The number of fused-ring (bicyclic) bond motifs is 10. The smallest absolute Gasteiger partial charge is 0.120 e. The van der Waals surface area contributed by atoms with E-state index in [4.69, 9.17) is 19.7 Å². The Morgan fingerprint density at radius 1 is 0.647 bits per heavy atom. The lowest BCUT2D eigenvalue weighted by Gasteiger charge is -2.12. The summed E-state index contributed by atoms with van der Waals surface area (Å²) in [7, 11) is 0. The monoisotopic (exact) mass is 505 g/mol. The first-order valence-electron chi connectivity index (χ1n) is 11.0. The third-order valence-corrected chi connectivity index (χ3v) is 7.00. The molecule has 0 aliphatic carbocycles. The predicted molar refractivity (Wildman–Crippen MR) is 139 cm³/mol. The molecule has 6 nitrogen and oxygen atoms in total. The predicted octanol–water partition coefficient (Wildman–Crippen LogP) is 6.74. The molecule has 0 radical (unpaired) electrons. The van der Waals surface area contributed by atoms with Gasteiger partial charge >= 0.3 is 0 Å². The van der Waals surface area contributed by atoms with E-state index in [0.717, 1.165) is 75.9 Å². The number of nitrogens with zero attached hydrogens (tertiary/aromatic N) is 5. The Hall–Kier alpha value is -3.97. The summed E-state index contributed by atoms with van der Waals surface area (Å²) in [4.78, 5) is 24.4. The zero-order chi connectivity index (χ0) is 22.8. The van der Waals surface area contributed by atoms with Crippen LogP contribution >= 0.6 is 15.9 Å². The van der Waals surface area contributed by atoms with Crippen molar-refractivity contribution in [2.45, 2.75) is 6.92 Å². The number of benzene rings is 3. The van der Waals surface area contributed by atoms with Gasteiger partial charge < -0.3 is 4.74 Å². The van der Waals surface area contributed by atoms with E-state index in [1.807, 2.05) is 61.5 Å². The van der Waals surface area contributed by atoms with Gasteiger partial charge in [0.1, 0.15) is 11.3 Å². The van der Waals surface area contributed by atoms with Gasteiger partial charge in [-0.15, -0.1) is 0 Å². The van der Waals surface area contributed by atoms with Crippen LogP contribution in [-0.2, 0) is 0 Å². The number of hydrogen-bond acceptors (Lipinski definition) is 6. The molecule has 7 rings (SSSR count). The number of ether oxygens (including phenoxy) is 1. The molecule has 0 N–H and O–H groups in total. The van der Waals surface area contributed by atoms with Crippen molar-refractivity contribution in [3.8, 4) is 5.75 Å². The maximum atomic E-state index is 5.69. The van der Waals surface area contributed by atoms with E-state index in [9.17, 15) is 0 Å². The number of rotatable bonds is 2. The molecular weight excluding hydrogens is 490 g/mol. The average molecular weight is 506 g/mol. The van der Waals surface area contributed by atoms with Gasteiger partial charge in [0.05, 0.1) is 45.2 Å². The second-order valence-corrected chi connectivity index (χ2v) is 8.88. The van der Waals surface area contributed by atoms with E-state index in [1.54, 1.807) is 12.4 Å². The Balaban J connectivity index is 1.65. The van der Waals surface area contributed by atoms with Gasteiger partial charge in [0.15, 0.2) is 0 Å². The summed E-state index contributed by atoms with van der Waals surface area (Å²) >= 11 is 3.81. The summed E-state index contributed by atoms with van der Waals surface area (Å²) in [5.74, 6) is 0.822. The van der Waals surface area contributed by atoms with Gasteiger partial charge in [-0.05, 0) is 77.5 Å². The lowest BCUT2D eigenvalue weighted by molar-refractivity contribution is 0.340. The van der Waals surface area contributed by atoms with Gasteiger partial charge in [-0.25, -0.2) is 15.0 Å². The summed E-state index contributed by atoms with van der Waals surface area (Å²) in [5.41, 5.74) is 6.49. The van der Waals surface area contributed by atoms with Gasteiger partial charge in [-0.2, -0.15) is 0 Å². The van der Waals surface area contributed by atoms with Crippen molar-refractivity contribution in [3.63, 3.8) is 0 Å². The molecule has 0 fully saturated rings. The molecule has 7 aromatic rings. The van der Waals surface area contributed by atoms with Gasteiger partial charge in [-0.3, -0.25) is 9.97 Å². The molecule has 0 unspecified atom stereocenters. The van der Waals surface area contributed by atoms with Crippen molar-refractivity contribution in [1.29, 1.82) is 0 Å². The van der Waals surface area contributed by atoms with Crippen LogP contribution in [0.3, 0.4) is 0 Å². The quantitative estimate of drug-likeness (QED) is 0.191. The third kappa shape index (κ3) is 2.70. The van der Waals surface area contributed by atoms with E-state index in [2.05, 4.69) is 25.9 Å². The molecular formula is C27H16BrN5O. The minimum Gasteiger partial charge on any atom is -0.494 e. The number of hydrogen-bond donors (Lipinski definition) is 0. The normalized spacial score (nSPS) is 11.9. The van der Waals surface area contributed by atoms with E-state index in [1.165, 1.54) is 0 Å². The minimum absolute atomic E-state index is 0.616. The van der Waals surface area contributed by atoms with E-state index >= 15 is 0 Å². The van der Waals surface area contributed by atoms with Crippen molar-refractivity contribution in [1.82, 2.24) is 24.9 Å². The highest BCUT2D eigenvalue weighted by molar-refractivity contribution is 9.10. The Bertz CT molecular complexity index is 1950. The van der Waals surface area contributed by atoms with E-state index in [0.29, 0.717) is 6.61 Å². The first-order chi connectivity index (χ1) is 16.7. The van der Waals surface area contributed by atoms with Crippen molar-refractivity contribution >= 4 is 81.6 Å². The first kappa shape index (κ1) is 19.5. The van der Waals surface area contributed by atoms with Crippen LogP contribution < -0.4 is 4.74 Å². The van der Waals surface area contributed by atoms with E-state index < -0.39 is 0 Å². The summed E-state index contributed by atoms with van der Waals surface area (Å²) in [5, 5.41) is 3.84. The van der Waals surface area contributed by atoms with E-state index in [-0.39, 0.29) is 0 Å². The number of halogens is 1. The Labute approximate surface area is 201 Å². The van der Waals surface area contributed by atoms with Crippen molar-refractivity contribution in [2.24, 2.45) is 0 Å². The summed E-state index contributed by atoms with van der Waals surface area (Å²) in [6.07, 6.45) is 3.57. The lowest BCUT2D eigenvalue weighted by atomic mass is 10.1. The van der Waals surface area contributed by atoms with Crippen LogP contribution in [0.2, 0.25) is 0 Å². The molecule has 4 heterocycles. The molecule has 7 heteroatoms. The topological polar surface area (TPSA) is 73.7 Å². The first-order valence-corrected chi connectivity index (χ1v) is 11.8. The second-order valence-electron chi connectivity index (χ2n) is 8.09. The largest absolute Gasteiger partial charge is 0.494 e. The fourth-order valence-electron chi connectivity index (χ4n) is 4.65. The fraction of sp³-hybridized carbons (Fsp3) is 0.0741. The molecule has 0 saturated carbocycles. The third-order valence-electron chi connectivity index (χ3n) is 6.14. The maximum Gasteiger partial charge on any atom is 0.120 e. The number of pyridine rings is 3. The summed E-state index contributed by atoms with van der Waals surface area (Å²) < 4.78 is 6.66. The van der Waals surface area contributed by atoms with Crippen molar-refractivity contribution in [2.75, 3.05) is 6.61 Å². The van der Waals surface area contributed by atoms with Gasteiger partial charge in [-0.1, -0.05) is 0 Å². The molecule has 0 atom stereocenters. The molecule has 0 amide bonds. The van der Waals surface area contributed by atoms with Crippen LogP contribution in [0, 0.1) is 0 Å². The van der Waals surface area contributed by atoms with Crippen molar-refractivity contribution in [3.05, 3.63) is 71.5 Å². The Morgan fingerprint density at radius 2 is 1.29 bits per heavy atom. The van der Waals surface area contributed by atoms with Crippen LogP contribution in [0.5, 0.6) is 5.75 Å². The molecule has 4 aromatic heterocycles. The molecule has 34 heavy (non-hydrogen) atoms. The fourth-order valence-corrected chi connectivity index (χ4v) is 5.29. The highest BCUT2D eigenvalue weighted by Crippen LogP contribution is 2.37. The molecule has 0 bridgehead atoms. The van der Waals surface area contributed by atoms with Crippen molar-refractivity contribution < 1.29 is 4.74 Å². The van der Waals surface area contributed by atoms with Gasteiger partial charge in [0.2, 0.25) is 0 Å². The Kier molecular flexibility index (Phi) is 4.17. The molecule has 0 aliphatic heterocycles. The maximum absolute atomic E-state index is 5.69. The Morgan fingerprint density at radius 3 is 2.03 bits per heavy atom. The standard InChI is InChI=1S/C27H16BrN5O/c1-2-34-14-7-9-19-18(13-14)21(28)15-8-10-20-27(24(15)31-19)33-26-17-6-4-12-30-23(17)22-16(25(26)32-20)5-3-11-29-22/h3-13H,2H2,1H3. The number of aromatic nitrogens is 5. The highest BCUT2D eigenvalue weighted by Gasteiger charge is 2.17. The molecule has 0 aliphatic rings. The molecule has 162 valence electrons. The van der Waals surface area contributed by atoms with Gasteiger partial charge in [0, 0.05) is 38.4 Å². The molecule has 3 aromatic carbocycles. The zero-order valence-electron chi connectivity index (χ0n) is 18.1. The summed E-state index contributed by atoms with van der Waals surface area (Å²) in [6.45, 7) is 2.59. The van der Waals surface area contributed by atoms with Crippen LogP contribution in [0.25, 0.3) is 65.7 Å². The van der Waals surface area contributed by atoms with Crippen LogP contribution in [0.1, 0.15) is 6.92 Å². The lowest BCUT2D eigenvalue weighted by Crippen LogP contribution is -1.96. The molecule has 0 saturated heterocycles. The SMILES string of the molecule is CCOc1ccc2nc3c(ccc4nc5c6cccnc6c6ncccc6c5nc43)c(Br)c2c1. The highest BCUT2D eigenvalue weighted by atomic mass is 79.9. The van der Waals surface area contributed by atoms with Crippen LogP contribution in [0.4, 0.5) is 0 Å². The zero-order valence-corrected chi connectivity index (χ0v) is 19.7. The van der Waals surface area contributed by atoms with Crippen LogP contribution in [-0.4, -0.2) is 31.5 Å². The second kappa shape index (κ2) is 7.27. The van der Waals surface area contributed by atoms with Crippen LogP contribution in [0.15, 0.2) is 71.5 Å². The minimum atomic E-state index is 0.616. The summed E-state index contributed by atoms with van der Waals surface area (Å²) in [6, 6.07) is 17.9. The van der Waals surface area contributed by atoms with Gasteiger partial charge in [0.25, 0.3) is 0 Å².